The number of nitrogens with zero attached hydrogens (tertiary/aromatic N) is 2. The van der Waals surface area contributed by atoms with Crippen LogP contribution in [-0.2, 0) is 16.0 Å². The lowest BCUT2D eigenvalue weighted by molar-refractivity contribution is -0.119. The van der Waals surface area contributed by atoms with E-state index in [0.29, 0.717) is 5.71 Å². The second kappa shape index (κ2) is 6.60. The van der Waals surface area contributed by atoms with Gasteiger partial charge in [0.05, 0.1) is 24.8 Å². The standard InChI is InChI=1S/C14H16N4O2/c1-2-10-3-5-11(6-4-10)9-15-17-13(19)7-12-8-14(20)18-16-12/h3-6,9H,2,7-8H2,1H3,(H,17,19)(H,18,20)/b15-9+. The topological polar surface area (TPSA) is 82.9 Å². The van der Waals surface area contributed by atoms with Crippen LogP contribution < -0.4 is 10.9 Å². The van der Waals surface area contributed by atoms with Crippen LogP contribution in [0.15, 0.2) is 34.5 Å². The van der Waals surface area contributed by atoms with Gasteiger partial charge in [-0.3, -0.25) is 9.59 Å². The largest absolute Gasteiger partial charge is 0.273 e. The summed E-state index contributed by atoms with van der Waals surface area (Å²) in [5, 5.41) is 7.62. The van der Waals surface area contributed by atoms with Gasteiger partial charge in [-0.25, -0.2) is 10.9 Å². The molecule has 0 atom stereocenters. The van der Waals surface area contributed by atoms with Gasteiger partial charge in [-0.15, -0.1) is 0 Å². The minimum Gasteiger partial charge on any atom is -0.273 e. The molecule has 0 bridgehead atoms. The van der Waals surface area contributed by atoms with E-state index >= 15 is 0 Å². The normalized spacial score (nSPS) is 14.2. The van der Waals surface area contributed by atoms with E-state index in [0.717, 1.165) is 12.0 Å². The molecule has 20 heavy (non-hydrogen) atoms. The van der Waals surface area contributed by atoms with Crippen molar-refractivity contribution in [1.29, 1.82) is 0 Å². The molecule has 2 rings (SSSR count). The van der Waals surface area contributed by atoms with E-state index in [1.807, 2.05) is 24.3 Å². The van der Waals surface area contributed by atoms with Crippen molar-refractivity contribution in [3.05, 3.63) is 35.4 Å². The highest BCUT2D eigenvalue weighted by atomic mass is 16.2. The zero-order chi connectivity index (χ0) is 14.4. The van der Waals surface area contributed by atoms with E-state index < -0.39 is 0 Å². The van der Waals surface area contributed by atoms with Crippen LogP contribution in [0, 0.1) is 0 Å². The molecule has 6 nitrogen and oxygen atoms in total. The molecular formula is C14H16N4O2. The molecule has 1 aromatic carbocycles. The number of amides is 2. The first-order valence-electron chi connectivity index (χ1n) is 6.42. The van der Waals surface area contributed by atoms with E-state index in [1.54, 1.807) is 6.21 Å². The molecule has 1 aliphatic rings. The fourth-order valence-corrected chi connectivity index (χ4v) is 1.75. The van der Waals surface area contributed by atoms with Gasteiger partial charge in [0.2, 0.25) is 11.8 Å². The summed E-state index contributed by atoms with van der Waals surface area (Å²) in [7, 11) is 0. The fourth-order valence-electron chi connectivity index (χ4n) is 1.75. The van der Waals surface area contributed by atoms with Gasteiger partial charge in [-0.1, -0.05) is 31.2 Å². The van der Waals surface area contributed by atoms with Crippen LogP contribution >= 0.6 is 0 Å². The lowest BCUT2D eigenvalue weighted by atomic mass is 10.1. The second-order valence-corrected chi connectivity index (χ2v) is 4.45. The number of benzene rings is 1. The summed E-state index contributed by atoms with van der Waals surface area (Å²) in [5.41, 5.74) is 7.40. The van der Waals surface area contributed by atoms with E-state index in [1.165, 1.54) is 5.56 Å². The Morgan fingerprint density at radius 3 is 2.80 bits per heavy atom. The average Bonchev–Trinajstić information content (AvgIpc) is 2.85. The van der Waals surface area contributed by atoms with E-state index in [9.17, 15) is 9.59 Å². The van der Waals surface area contributed by atoms with Crippen molar-refractivity contribution >= 4 is 23.7 Å². The molecule has 0 spiro atoms. The number of nitrogens with one attached hydrogen (secondary N) is 2. The number of carbonyl (C=O) groups excluding carboxylic acids is 2. The molecule has 0 saturated heterocycles. The average molecular weight is 272 g/mol. The molecule has 0 fully saturated rings. The van der Waals surface area contributed by atoms with Gasteiger partial charge in [0.15, 0.2) is 0 Å². The molecule has 0 aromatic heterocycles. The van der Waals surface area contributed by atoms with Gasteiger partial charge < -0.3 is 0 Å². The number of hydrogen-bond acceptors (Lipinski definition) is 4. The van der Waals surface area contributed by atoms with Crippen LogP contribution in [0.1, 0.15) is 30.9 Å². The molecule has 0 aliphatic carbocycles. The molecule has 0 unspecified atom stereocenters. The van der Waals surface area contributed by atoms with Crippen molar-refractivity contribution in [3.63, 3.8) is 0 Å². The fraction of sp³-hybridized carbons (Fsp3) is 0.286. The predicted molar refractivity (Wildman–Crippen MR) is 76.4 cm³/mol. The quantitative estimate of drug-likeness (QED) is 0.618. The Morgan fingerprint density at radius 2 is 2.20 bits per heavy atom. The highest BCUT2D eigenvalue weighted by Crippen LogP contribution is 2.03. The summed E-state index contributed by atoms with van der Waals surface area (Å²) in [6.45, 7) is 2.09. The Hall–Kier alpha value is -2.50. The van der Waals surface area contributed by atoms with Crippen LogP contribution in [0.25, 0.3) is 0 Å². The summed E-state index contributed by atoms with van der Waals surface area (Å²) in [5.74, 6) is -0.478. The minimum absolute atomic E-state index is 0.0743. The second-order valence-electron chi connectivity index (χ2n) is 4.45. The van der Waals surface area contributed by atoms with Crippen LogP contribution in [0.4, 0.5) is 0 Å². The number of aryl methyl sites for hydroxylation is 1. The summed E-state index contributed by atoms with van der Waals surface area (Å²) < 4.78 is 0. The summed E-state index contributed by atoms with van der Waals surface area (Å²) in [6, 6.07) is 7.93. The number of hydrogen-bond donors (Lipinski definition) is 2. The van der Waals surface area contributed by atoms with Crippen molar-refractivity contribution in [2.75, 3.05) is 0 Å². The molecule has 104 valence electrons. The van der Waals surface area contributed by atoms with E-state index in [4.69, 9.17) is 0 Å². The first-order chi connectivity index (χ1) is 9.67. The Labute approximate surface area is 116 Å². The molecule has 2 N–H and O–H groups in total. The molecule has 1 heterocycles. The van der Waals surface area contributed by atoms with Crippen molar-refractivity contribution in [2.45, 2.75) is 26.2 Å². The molecular weight excluding hydrogens is 256 g/mol. The van der Waals surface area contributed by atoms with Crippen molar-refractivity contribution in [3.8, 4) is 0 Å². The molecule has 1 aliphatic heterocycles. The molecule has 6 heteroatoms. The summed E-state index contributed by atoms with van der Waals surface area (Å²) in [6.07, 6.45) is 2.82. The maximum absolute atomic E-state index is 11.6. The van der Waals surface area contributed by atoms with Gasteiger partial charge in [0.1, 0.15) is 0 Å². The van der Waals surface area contributed by atoms with Gasteiger partial charge in [-0.2, -0.15) is 10.2 Å². The Kier molecular flexibility index (Phi) is 4.60. The number of carbonyl (C=O) groups is 2. The highest BCUT2D eigenvalue weighted by molar-refractivity contribution is 6.11. The maximum Gasteiger partial charge on any atom is 0.245 e. The molecule has 0 radical (unpaired) electrons. The van der Waals surface area contributed by atoms with Crippen LogP contribution in [0.2, 0.25) is 0 Å². The van der Waals surface area contributed by atoms with Gasteiger partial charge in [-0.05, 0) is 17.5 Å². The van der Waals surface area contributed by atoms with Crippen molar-refractivity contribution in [1.82, 2.24) is 10.9 Å². The van der Waals surface area contributed by atoms with E-state index in [2.05, 4.69) is 28.0 Å². The van der Waals surface area contributed by atoms with Gasteiger partial charge >= 0.3 is 0 Å². The van der Waals surface area contributed by atoms with E-state index in [-0.39, 0.29) is 24.7 Å². The lowest BCUT2D eigenvalue weighted by Gasteiger charge is -1.99. The first-order valence-corrected chi connectivity index (χ1v) is 6.42. The van der Waals surface area contributed by atoms with Gasteiger partial charge in [0, 0.05) is 0 Å². The van der Waals surface area contributed by atoms with Crippen LogP contribution in [-0.4, -0.2) is 23.7 Å². The highest BCUT2D eigenvalue weighted by Gasteiger charge is 2.16. The van der Waals surface area contributed by atoms with Gasteiger partial charge in [0.25, 0.3) is 0 Å². The van der Waals surface area contributed by atoms with Crippen molar-refractivity contribution in [2.24, 2.45) is 10.2 Å². The number of rotatable bonds is 5. The zero-order valence-electron chi connectivity index (χ0n) is 11.2. The Balaban J connectivity index is 1.80. The third-order valence-corrected chi connectivity index (χ3v) is 2.86. The first kappa shape index (κ1) is 13.9. The monoisotopic (exact) mass is 272 g/mol. The van der Waals surface area contributed by atoms with Crippen molar-refractivity contribution < 1.29 is 9.59 Å². The maximum atomic E-state index is 11.6. The molecule has 1 aromatic rings. The summed E-state index contributed by atoms with van der Waals surface area (Å²) in [4.78, 5) is 22.5. The van der Waals surface area contributed by atoms with Crippen LogP contribution in [0.3, 0.4) is 0 Å². The SMILES string of the molecule is CCc1ccc(/C=N/NC(=O)CC2=NNC(=O)C2)cc1. The third-order valence-electron chi connectivity index (χ3n) is 2.86. The number of hydrazone groups is 2. The van der Waals surface area contributed by atoms with Crippen LogP contribution in [0.5, 0.6) is 0 Å². The Morgan fingerprint density at radius 1 is 1.45 bits per heavy atom. The Bertz CT molecular complexity index is 561. The zero-order valence-corrected chi connectivity index (χ0v) is 11.2. The summed E-state index contributed by atoms with van der Waals surface area (Å²) >= 11 is 0. The third kappa shape index (κ3) is 4.01. The lowest BCUT2D eigenvalue weighted by Crippen LogP contribution is -2.20. The predicted octanol–water partition coefficient (Wildman–Crippen LogP) is 0.965. The minimum atomic E-state index is -0.290. The molecule has 0 saturated carbocycles. The smallest absolute Gasteiger partial charge is 0.245 e. The molecule has 2 amide bonds.